The lowest BCUT2D eigenvalue weighted by atomic mass is 9.92. The van der Waals surface area contributed by atoms with E-state index in [1.54, 1.807) is 0 Å². The van der Waals surface area contributed by atoms with Crippen LogP contribution >= 0.6 is 0 Å². The van der Waals surface area contributed by atoms with Crippen LogP contribution in [0.3, 0.4) is 0 Å². The van der Waals surface area contributed by atoms with Gasteiger partial charge in [-0.2, -0.15) is 0 Å². The first-order valence-corrected chi connectivity index (χ1v) is 5.58. The van der Waals surface area contributed by atoms with Gasteiger partial charge < -0.3 is 15.6 Å². The van der Waals surface area contributed by atoms with Gasteiger partial charge in [0.15, 0.2) is 0 Å². The van der Waals surface area contributed by atoms with Crippen molar-refractivity contribution >= 4 is 6.08 Å². The molecule has 2 atom stereocenters. The van der Waals surface area contributed by atoms with E-state index in [9.17, 15) is 5.11 Å². The zero-order valence-corrected chi connectivity index (χ0v) is 9.82. The maximum atomic E-state index is 11.4. The summed E-state index contributed by atoms with van der Waals surface area (Å²) in [5.74, 6) is 0. The van der Waals surface area contributed by atoms with Crippen LogP contribution in [0.1, 0.15) is 46.5 Å². The highest BCUT2D eigenvalue weighted by atomic mass is 16.6. The molecule has 88 valence electrons. The monoisotopic (exact) mass is 213 g/mol. The Bertz CT molecular complexity index is 233. The van der Waals surface area contributed by atoms with Gasteiger partial charge in [0.05, 0.1) is 6.04 Å². The van der Waals surface area contributed by atoms with Gasteiger partial charge in [0.25, 0.3) is 0 Å². The molecule has 1 aliphatic carbocycles. The third-order valence-corrected chi connectivity index (χ3v) is 2.45. The summed E-state index contributed by atoms with van der Waals surface area (Å²) in [4.78, 5) is 4.02. The van der Waals surface area contributed by atoms with Crippen molar-refractivity contribution in [1.29, 1.82) is 0 Å². The molecule has 1 rings (SSSR count). The summed E-state index contributed by atoms with van der Waals surface area (Å²) >= 11 is 0. The fourth-order valence-electron chi connectivity index (χ4n) is 1.72. The number of nitrogens with two attached hydrogens (primary N) is 1. The largest absolute Gasteiger partial charge is 0.595 e. The molecule has 0 aliphatic heterocycles. The van der Waals surface area contributed by atoms with Crippen LogP contribution in [-0.2, 0) is 4.74 Å². The average molecular weight is 213 g/mol. The number of hydrogen-bond acceptors (Lipinski definition) is 4. The van der Waals surface area contributed by atoms with Crippen molar-refractivity contribution in [2.45, 2.75) is 64.1 Å². The first-order valence-electron chi connectivity index (χ1n) is 5.58. The molecular formula is C11H21N2O2-. The van der Waals surface area contributed by atoms with Gasteiger partial charge in [0.1, 0.15) is 6.08 Å². The standard InChI is InChI=1S/C11H22N2O2/c1-11(2,3)15-10(14)13-9-7-5-4-6-8(9)12/h8-9H,4-7,12H2,1-3H3,(H,13,14)/p-1/t8-,9+/m1/s1. The van der Waals surface area contributed by atoms with Gasteiger partial charge in [-0.05, 0) is 12.8 Å². The normalized spacial score (nSPS) is 28.9. The number of nitrogens with zero attached hydrogens (tertiary/aromatic N) is 1. The second-order valence-corrected chi connectivity index (χ2v) is 5.13. The van der Waals surface area contributed by atoms with E-state index in [0.717, 1.165) is 25.7 Å². The topological polar surface area (TPSA) is 70.7 Å². The molecule has 0 aromatic heterocycles. The number of aliphatic imine (C=N–C) groups is 1. The number of ether oxygens (including phenoxy) is 1. The molecule has 4 nitrogen and oxygen atoms in total. The van der Waals surface area contributed by atoms with Crippen LogP contribution in [-0.4, -0.2) is 23.8 Å². The Labute approximate surface area is 91.5 Å². The van der Waals surface area contributed by atoms with E-state index in [0.29, 0.717) is 0 Å². The smallest absolute Gasteiger partial charge is 0.146 e. The molecule has 15 heavy (non-hydrogen) atoms. The van der Waals surface area contributed by atoms with Crippen LogP contribution in [0.4, 0.5) is 0 Å². The fourth-order valence-corrected chi connectivity index (χ4v) is 1.72. The molecule has 1 aliphatic rings. The molecule has 4 heteroatoms. The number of rotatable bonds is 1. The molecule has 0 saturated heterocycles. The van der Waals surface area contributed by atoms with Crippen molar-refractivity contribution in [3.8, 4) is 0 Å². The fraction of sp³-hybridized carbons (Fsp3) is 0.909. The van der Waals surface area contributed by atoms with Crippen LogP contribution in [0, 0.1) is 0 Å². The highest BCUT2D eigenvalue weighted by Crippen LogP contribution is 2.20. The van der Waals surface area contributed by atoms with E-state index < -0.39 is 11.7 Å². The van der Waals surface area contributed by atoms with Crippen molar-refractivity contribution in [3.05, 3.63) is 0 Å². The van der Waals surface area contributed by atoms with Gasteiger partial charge in [-0.25, -0.2) is 0 Å². The summed E-state index contributed by atoms with van der Waals surface area (Å²) in [6, 6.07) is -0.0279. The first-order chi connectivity index (χ1) is 6.88. The third kappa shape index (κ3) is 4.51. The van der Waals surface area contributed by atoms with Gasteiger partial charge in [0.2, 0.25) is 0 Å². The van der Waals surface area contributed by atoms with Gasteiger partial charge in [-0.1, -0.05) is 33.6 Å². The molecule has 0 spiro atoms. The molecule has 1 fully saturated rings. The van der Waals surface area contributed by atoms with Crippen molar-refractivity contribution in [3.63, 3.8) is 0 Å². The van der Waals surface area contributed by atoms with Gasteiger partial charge in [-0.3, -0.25) is 4.99 Å². The Kier molecular flexibility index (Phi) is 3.97. The molecule has 0 aromatic rings. The predicted molar refractivity (Wildman–Crippen MR) is 58.5 cm³/mol. The maximum Gasteiger partial charge on any atom is 0.146 e. The van der Waals surface area contributed by atoms with Crippen LogP contribution in [0.15, 0.2) is 4.99 Å². The highest BCUT2D eigenvalue weighted by molar-refractivity contribution is 5.62. The summed E-state index contributed by atoms with van der Waals surface area (Å²) < 4.78 is 5.13. The van der Waals surface area contributed by atoms with E-state index in [4.69, 9.17) is 10.5 Å². The SMILES string of the molecule is CC(C)(C)OC([O-])=N[C@H]1CCCC[C@H]1N. The molecule has 0 unspecified atom stereocenters. The second-order valence-electron chi connectivity index (χ2n) is 5.13. The van der Waals surface area contributed by atoms with E-state index >= 15 is 0 Å². The minimum absolute atomic E-state index is 0.0197. The van der Waals surface area contributed by atoms with Crippen molar-refractivity contribution in [2.24, 2.45) is 10.7 Å². The average Bonchev–Trinajstić information content (AvgIpc) is 2.05. The van der Waals surface area contributed by atoms with E-state index in [1.807, 2.05) is 20.8 Å². The quantitative estimate of drug-likeness (QED) is 0.517. The zero-order chi connectivity index (χ0) is 11.5. The van der Waals surface area contributed by atoms with Crippen LogP contribution in [0.5, 0.6) is 0 Å². The zero-order valence-electron chi connectivity index (χ0n) is 9.82. The molecule has 0 aromatic carbocycles. The minimum atomic E-state index is -0.482. The lowest BCUT2D eigenvalue weighted by molar-refractivity contribution is -0.261. The van der Waals surface area contributed by atoms with Crippen LogP contribution in [0.2, 0.25) is 0 Å². The van der Waals surface area contributed by atoms with Gasteiger partial charge in [0, 0.05) is 11.6 Å². The van der Waals surface area contributed by atoms with Crippen LogP contribution < -0.4 is 10.8 Å². The number of hydrogen-bond donors (Lipinski definition) is 1. The summed E-state index contributed by atoms with van der Waals surface area (Å²) in [6.45, 7) is 5.50. The van der Waals surface area contributed by atoms with Crippen molar-refractivity contribution in [1.82, 2.24) is 0 Å². The van der Waals surface area contributed by atoms with E-state index in [2.05, 4.69) is 4.99 Å². The van der Waals surface area contributed by atoms with Gasteiger partial charge in [-0.15, -0.1) is 0 Å². The van der Waals surface area contributed by atoms with E-state index in [1.165, 1.54) is 0 Å². The molecule has 0 amide bonds. The Balaban J connectivity index is 2.53. The molecule has 2 N–H and O–H groups in total. The molecular weight excluding hydrogens is 192 g/mol. The molecule has 1 saturated carbocycles. The second kappa shape index (κ2) is 4.84. The Morgan fingerprint density at radius 1 is 1.33 bits per heavy atom. The summed E-state index contributed by atoms with van der Waals surface area (Å²) in [7, 11) is 0. The van der Waals surface area contributed by atoms with Crippen molar-refractivity contribution in [2.75, 3.05) is 0 Å². The maximum absolute atomic E-state index is 11.4. The van der Waals surface area contributed by atoms with Crippen molar-refractivity contribution < 1.29 is 9.84 Å². The Morgan fingerprint density at radius 3 is 2.47 bits per heavy atom. The Hall–Kier alpha value is -0.770. The molecule has 0 heterocycles. The summed E-state index contributed by atoms with van der Waals surface area (Å²) in [5, 5.41) is 11.4. The third-order valence-electron chi connectivity index (χ3n) is 2.45. The Morgan fingerprint density at radius 2 is 1.93 bits per heavy atom. The first kappa shape index (κ1) is 12.3. The molecule has 0 radical (unpaired) electrons. The van der Waals surface area contributed by atoms with Gasteiger partial charge >= 0.3 is 0 Å². The summed E-state index contributed by atoms with van der Waals surface area (Å²) in [5.41, 5.74) is 5.42. The predicted octanol–water partition coefficient (Wildman–Crippen LogP) is 0.788. The van der Waals surface area contributed by atoms with Crippen LogP contribution in [0.25, 0.3) is 0 Å². The summed E-state index contributed by atoms with van der Waals surface area (Å²) in [6.07, 6.45) is 3.62. The lowest BCUT2D eigenvalue weighted by Gasteiger charge is -2.32. The minimum Gasteiger partial charge on any atom is -0.595 e. The molecule has 0 bridgehead atoms. The van der Waals surface area contributed by atoms with E-state index in [-0.39, 0.29) is 12.1 Å². The highest BCUT2D eigenvalue weighted by Gasteiger charge is 2.21. The lowest BCUT2D eigenvalue weighted by Crippen LogP contribution is -2.40.